The van der Waals surface area contributed by atoms with E-state index in [-0.39, 0.29) is 5.04 Å². The van der Waals surface area contributed by atoms with Crippen molar-refractivity contribution in [2.24, 2.45) is 0 Å². The molecular formula is C34H52O3Si. The Balaban J connectivity index is 1.94. The maximum Gasteiger partial charge on any atom is 0.335 e. The lowest BCUT2D eigenvalue weighted by Gasteiger charge is -2.44. The first kappa shape index (κ1) is 32.0. The fourth-order valence-electron chi connectivity index (χ4n) is 5.38. The minimum absolute atomic E-state index is 0.257. The van der Waals surface area contributed by atoms with E-state index >= 15 is 0 Å². The summed E-state index contributed by atoms with van der Waals surface area (Å²) in [6.45, 7) is 8.79. The van der Waals surface area contributed by atoms with Gasteiger partial charge in [0, 0.05) is 0 Å². The molecule has 0 aromatic heterocycles. The minimum Gasteiger partial charge on any atom is -0.479 e. The summed E-state index contributed by atoms with van der Waals surface area (Å²) in [5, 5.41) is 12.1. The van der Waals surface area contributed by atoms with Gasteiger partial charge >= 0.3 is 5.97 Å². The largest absolute Gasteiger partial charge is 0.479 e. The summed E-state index contributed by atoms with van der Waals surface area (Å²) >= 11 is 0. The van der Waals surface area contributed by atoms with Gasteiger partial charge < -0.3 is 9.53 Å². The van der Waals surface area contributed by atoms with E-state index in [1.54, 1.807) is 6.08 Å². The number of carboxylic acid groups (broad SMARTS) is 1. The summed E-state index contributed by atoms with van der Waals surface area (Å²) in [4.78, 5) is 12.4. The molecule has 1 N–H and O–H groups in total. The molecule has 0 bridgehead atoms. The Labute approximate surface area is 233 Å². The predicted octanol–water partition coefficient (Wildman–Crippen LogP) is 8.66. The molecule has 0 saturated heterocycles. The highest BCUT2D eigenvalue weighted by Crippen LogP contribution is 2.37. The van der Waals surface area contributed by atoms with Crippen molar-refractivity contribution in [1.29, 1.82) is 0 Å². The van der Waals surface area contributed by atoms with Crippen molar-refractivity contribution in [2.75, 3.05) is 0 Å². The van der Waals surface area contributed by atoms with Crippen LogP contribution in [0.5, 0.6) is 0 Å². The Kier molecular flexibility index (Phi) is 14.7. The van der Waals surface area contributed by atoms with Gasteiger partial charge in [-0.1, -0.05) is 165 Å². The highest BCUT2D eigenvalue weighted by Gasteiger charge is 2.52. The minimum atomic E-state index is -2.91. The second-order valence-electron chi connectivity index (χ2n) is 11.6. The summed E-state index contributed by atoms with van der Waals surface area (Å²) in [7, 11) is -2.91. The van der Waals surface area contributed by atoms with Crippen molar-refractivity contribution in [3.8, 4) is 0 Å². The molecule has 3 nitrogen and oxygen atoms in total. The summed E-state index contributed by atoms with van der Waals surface area (Å²) in [6.07, 6.45) is 19.6. The van der Waals surface area contributed by atoms with Crippen LogP contribution in [0.3, 0.4) is 0 Å². The first-order chi connectivity index (χ1) is 18.3. The molecule has 0 saturated carbocycles. The zero-order valence-corrected chi connectivity index (χ0v) is 25.5. The summed E-state index contributed by atoms with van der Waals surface area (Å²) in [5.74, 6) is -0.927. The van der Waals surface area contributed by atoms with Gasteiger partial charge in [-0.05, 0) is 34.3 Å². The number of unbranched alkanes of at least 4 members (excludes halogenated alkanes) is 12. The number of aliphatic carboxylic acids is 1. The average Bonchev–Trinajstić information content (AvgIpc) is 2.90. The van der Waals surface area contributed by atoms with Crippen LogP contribution in [0.4, 0.5) is 0 Å². The third-order valence-corrected chi connectivity index (χ3v) is 12.5. The van der Waals surface area contributed by atoms with Gasteiger partial charge in [0.15, 0.2) is 6.10 Å². The molecule has 0 heterocycles. The molecule has 0 radical (unpaired) electrons. The first-order valence-electron chi connectivity index (χ1n) is 15.0. The van der Waals surface area contributed by atoms with Gasteiger partial charge in [0.2, 0.25) is 0 Å². The number of hydrogen-bond acceptors (Lipinski definition) is 2. The lowest BCUT2D eigenvalue weighted by atomic mass is 10.0. The molecule has 0 fully saturated rings. The third-order valence-electron chi connectivity index (χ3n) is 7.50. The summed E-state index contributed by atoms with van der Waals surface area (Å²) < 4.78 is 6.80. The Bertz CT molecular complexity index is 878. The van der Waals surface area contributed by atoms with Crippen LogP contribution in [-0.4, -0.2) is 25.5 Å². The van der Waals surface area contributed by atoms with Crippen molar-refractivity contribution in [2.45, 2.75) is 122 Å². The van der Waals surface area contributed by atoms with Crippen molar-refractivity contribution in [1.82, 2.24) is 0 Å². The van der Waals surface area contributed by atoms with Gasteiger partial charge in [-0.2, -0.15) is 0 Å². The van der Waals surface area contributed by atoms with E-state index in [9.17, 15) is 9.90 Å². The van der Waals surface area contributed by atoms with E-state index in [1.165, 1.54) is 70.6 Å². The van der Waals surface area contributed by atoms with Crippen molar-refractivity contribution in [3.05, 3.63) is 72.8 Å². The second kappa shape index (κ2) is 17.4. The molecule has 2 aromatic carbocycles. The maximum absolute atomic E-state index is 12.4. The lowest BCUT2D eigenvalue weighted by Crippen LogP contribution is -2.68. The number of rotatable bonds is 19. The van der Waals surface area contributed by atoms with Crippen LogP contribution in [0.15, 0.2) is 72.8 Å². The van der Waals surface area contributed by atoms with E-state index in [2.05, 4.69) is 52.0 Å². The van der Waals surface area contributed by atoms with Crippen LogP contribution in [0.25, 0.3) is 0 Å². The van der Waals surface area contributed by atoms with Gasteiger partial charge in [-0.3, -0.25) is 0 Å². The van der Waals surface area contributed by atoms with Crippen LogP contribution in [0, 0.1) is 0 Å². The molecule has 2 aromatic rings. The standard InChI is InChI=1S/C34H52O3Si/c1-5-6-7-8-9-10-11-12-13-14-15-16-17-24-29-32(33(35)36)37-38(34(2,3)4,30-25-20-18-21-26-30)31-27-22-19-23-28-31/h18-29,32H,5-17H2,1-4H3,(H,35,36)/b29-24+/t32-/m1/s1. The number of benzene rings is 2. The average molecular weight is 537 g/mol. The van der Waals surface area contributed by atoms with Gasteiger partial charge in [-0.25, -0.2) is 4.79 Å². The molecule has 210 valence electrons. The van der Waals surface area contributed by atoms with Crippen molar-refractivity contribution < 1.29 is 14.3 Å². The zero-order chi connectivity index (χ0) is 27.7. The Morgan fingerprint density at radius 3 is 1.58 bits per heavy atom. The predicted molar refractivity (Wildman–Crippen MR) is 165 cm³/mol. The van der Waals surface area contributed by atoms with Crippen LogP contribution in [0.2, 0.25) is 5.04 Å². The van der Waals surface area contributed by atoms with Gasteiger partial charge in [-0.15, -0.1) is 0 Å². The monoisotopic (exact) mass is 536 g/mol. The molecule has 0 amide bonds. The van der Waals surface area contributed by atoms with Gasteiger partial charge in [0.1, 0.15) is 0 Å². The molecule has 0 aliphatic carbocycles. The molecule has 0 aliphatic heterocycles. The maximum atomic E-state index is 12.4. The van der Waals surface area contributed by atoms with Crippen LogP contribution in [0.1, 0.15) is 111 Å². The molecule has 38 heavy (non-hydrogen) atoms. The lowest BCUT2D eigenvalue weighted by molar-refractivity contribution is -0.143. The normalized spacial score (nSPS) is 13.2. The molecule has 1 atom stereocenters. The van der Waals surface area contributed by atoms with Crippen LogP contribution < -0.4 is 10.4 Å². The second-order valence-corrected chi connectivity index (χ2v) is 15.9. The SMILES string of the molecule is CCCCCCCCCCCCCC/C=C/[C@@H](O[Si](c1ccccc1)(c1ccccc1)C(C)(C)C)C(=O)O. The number of allylic oxidation sites excluding steroid dienone is 1. The molecule has 0 aliphatic rings. The van der Waals surface area contributed by atoms with Crippen molar-refractivity contribution >= 4 is 24.7 Å². The molecular weight excluding hydrogens is 484 g/mol. The van der Waals surface area contributed by atoms with Crippen molar-refractivity contribution in [3.63, 3.8) is 0 Å². The van der Waals surface area contributed by atoms with Gasteiger partial charge in [0.05, 0.1) is 0 Å². The molecule has 2 rings (SSSR count). The molecule has 0 spiro atoms. The fraction of sp³-hybridized carbons (Fsp3) is 0.559. The van der Waals surface area contributed by atoms with Crippen LogP contribution in [-0.2, 0) is 9.22 Å². The van der Waals surface area contributed by atoms with E-state index < -0.39 is 20.4 Å². The quantitative estimate of drug-likeness (QED) is 0.111. The summed E-state index contributed by atoms with van der Waals surface area (Å²) in [5.41, 5.74) is 0. The first-order valence-corrected chi connectivity index (χ1v) is 16.9. The third kappa shape index (κ3) is 10.2. The smallest absolute Gasteiger partial charge is 0.335 e. The van der Waals surface area contributed by atoms with Crippen LogP contribution >= 0.6 is 0 Å². The van der Waals surface area contributed by atoms with E-state index in [0.717, 1.165) is 23.2 Å². The fourth-order valence-corrected chi connectivity index (χ4v) is 9.95. The van der Waals surface area contributed by atoms with E-state index in [1.807, 2.05) is 42.5 Å². The number of hydrogen-bond donors (Lipinski definition) is 1. The Morgan fingerprint density at radius 1 is 0.763 bits per heavy atom. The summed E-state index contributed by atoms with van der Waals surface area (Å²) in [6, 6.07) is 20.5. The molecule has 4 heteroatoms. The highest BCUT2D eigenvalue weighted by atomic mass is 28.4. The van der Waals surface area contributed by atoms with Gasteiger partial charge in [0.25, 0.3) is 8.32 Å². The van der Waals surface area contributed by atoms with E-state index in [4.69, 9.17) is 4.43 Å². The zero-order valence-electron chi connectivity index (χ0n) is 24.5. The topological polar surface area (TPSA) is 46.5 Å². The Morgan fingerprint density at radius 2 is 1.18 bits per heavy atom. The number of carbonyl (C=O) groups is 1. The van der Waals surface area contributed by atoms with E-state index in [0.29, 0.717) is 0 Å². The molecule has 0 unspecified atom stereocenters. The number of carboxylic acids is 1. The Hall–Kier alpha value is -2.17. The highest BCUT2D eigenvalue weighted by molar-refractivity contribution is 6.99.